The van der Waals surface area contributed by atoms with Gasteiger partial charge in [-0.05, 0) is 0 Å². The molecule has 0 rings (SSSR count). The average Bonchev–Trinajstić information content (AvgIpc) is 0.722. The minimum Gasteiger partial charge on any atom is 0 e. The van der Waals surface area contributed by atoms with Crippen molar-refractivity contribution in [2.45, 2.75) is 0 Å². The van der Waals surface area contributed by atoms with Crippen LogP contribution in [0.2, 0.25) is 0 Å². The van der Waals surface area contributed by atoms with E-state index in [1.807, 2.05) is 0 Å². The minimum absolute atomic E-state index is 0. The quantitative estimate of drug-likeness (QED) is 0.599. The normalized spacial score (nSPS) is 10.0. The van der Waals surface area contributed by atoms with Crippen LogP contribution in [-0.2, 0) is 38.5 Å². The van der Waals surface area contributed by atoms with Crippen molar-refractivity contribution in [3.63, 3.8) is 0 Å². The summed E-state index contributed by atoms with van der Waals surface area (Å²) in [4.78, 5) is 0. The van der Waals surface area contributed by atoms with Crippen LogP contribution < -0.4 is 0 Å². The Morgan fingerprint density at radius 1 is 0.833 bits per heavy atom. The Morgan fingerprint density at radius 2 is 0.833 bits per heavy atom. The van der Waals surface area contributed by atoms with Crippen molar-refractivity contribution in [1.29, 1.82) is 0 Å². The van der Waals surface area contributed by atoms with E-state index in [9.17, 15) is 0 Å². The molecule has 0 unspecified atom stereocenters. The fourth-order valence-corrected chi connectivity index (χ4v) is 0. The maximum absolute atomic E-state index is 5.01. The predicted octanol–water partition coefficient (Wildman–Crippen LogP) is 2.75. The molecule has 0 heterocycles. The van der Waals surface area contributed by atoms with Crippen LogP contribution in [-0.4, -0.2) is 0 Å². The molecule has 0 aromatic heterocycles. The van der Waals surface area contributed by atoms with Gasteiger partial charge in [-0.15, -0.1) is 0 Å². The van der Waals surface area contributed by atoms with Gasteiger partial charge >= 0.3 is 49.6 Å². The molecule has 6 heteroatoms. The molecule has 0 aromatic rings. The molecule has 0 amide bonds. The maximum atomic E-state index is 5.01. The Balaban J connectivity index is 0. The average molecular weight is 281 g/mol. The van der Waals surface area contributed by atoms with Gasteiger partial charge in [-0.3, -0.25) is 0 Å². The zero-order valence-corrected chi connectivity index (χ0v) is 9.56. The molecule has 0 spiro atoms. The summed E-state index contributed by atoms with van der Waals surface area (Å²) in [6, 6.07) is 0. The van der Waals surface area contributed by atoms with Crippen molar-refractivity contribution in [2.75, 3.05) is 0 Å². The minimum atomic E-state index is -3.11. The Kier molecular flexibility index (Phi) is 8.88. The fraction of sp³-hybridized carbons (Fsp3) is 0. The molecule has 0 saturated heterocycles. The Morgan fingerprint density at radius 3 is 0.833 bits per heavy atom. The van der Waals surface area contributed by atoms with E-state index in [1.54, 1.807) is 0 Å². The van der Waals surface area contributed by atoms with E-state index in [-0.39, 0.29) is 26.2 Å². The molecular weight excluding hydrogens is 281 g/mol. The molecule has 36 valence electrons. The predicted molar refractivity (Wildman–Crippen MR) is 23.4 cm³/mol. The number of hydrogen-bond acceptors (Lipinski definition) is 0. The second-order valence-electron chi connectivity index (χ2n) is 0.429. The molecule has 0 aliphatic rings. The molecule has 0 nitrogen and oxygen atoms in total. The van der Waals surface area contributed by atoms with Gasteiger partial charge in [-0.2, -0.15) is 0 Å². The van der Waals surface area contributed by atoms with Crippen molar-refractivity contribution in [1.82, 2.24) is 0 Å². The summed E-state index contributed by atoms with van der Waals surface area (Å²) in [6.45, 7) is 0. The molecule has 0 bridgehead atoms. The van der Waals surface area contributed by atoms with Crippen LogP contribution in [0.15, 0.2) is 0 Å². The SMILES string of the molecule is [Cl][Ti]([Cl])([Cl])[Cl].[Zr]. The Labute approximate surface area is 74.5 Å². The van der Waals surface area contributed by atoms with Crippen LogP contribution in [0.5, 0.6) is 0 Å². The van der Waals surface area contributed by atoms with E-state index >= 15 is 0 Å². The van der Waals surface area contributed by atoms with E-state index in [0.717, 1.165) is 0 Å². The van der Waals surface area contributed by atoms with E-state index in [1.165, 1.54) is 0 Å². The molecule has 0 N–H and O–H groups in total. The first-order valence-electron chi connectivity index (χ1n) is 0.756. The molecule has 6 heavy (non-hydrogen) atoms. The first kappa shape index (κ1) is 11.5. The van der Waals surface area contributed by atoms with Crippen LogP contribution in [0.25, 0.3) is 0 Å². The van der Waals surface area contributed by atoms with Crippen LogP contribution >= 0.6 is 37.2 Å². The third-order valence-electron chi connectivity index (χ3n) is 0. The largest absolute Gasteiger partial charge is 0 e. The summed E-state index contributed by atoms with van der Waals surface area (Å²) in [6.07, 6.45) is 0. The molecule has 0 aliphatic carbocycles. The third-order valence-corrected chi connectivity index (χ3v) is 0. The fourth-order valence-electron chi connectivity index (χ4n) is 0. The van der Waals surface area contributed by atoms with E-state index < -0.39 is 12.3 Å². The second kappa shape index (κ2) is 4.62. The van der Waals surface area contributed by atoms with Gasteiger partial charge in [0.1, 0.15) is 0 Å². The van der Waals surface area contributed by atoms with Gasteiger partial charge in [0.15, 0.2) is 0 Å². The molecule has 0 aliphatic heterocycles. The first-order chi connectivity index (χ1) is 2.00. The van der Waals surface area contributed by atoms with Gasteiger partial charge in [-0.1, -0.05) is 0 Å². The van der Waals surface area contributed by atoms with E-state index in [0.29, 0.717) is 0 Å². The van der Waals surface area contributed by atoms with Crippen molar-refractivity contribution in [3.05, 3.63) is 0 Å². The van der Waals surface area contributed by atoms with Crippen molar-refractivity contribution in [2.24, 2.45) is 0 Å². The number of halogens is 4. The molecule has 0 radical (unpaired) electrons. The van der Waals surface area contributed by atoms with Crippen LogP contribution in [0.1, 0.15) is 0 Å². The van der Waals surface area contributed by atoms with Gasteiger partial charge in [0.05, 0.1) is 0 Å². The summed E-state index contributed by atoms with van der Waals surface area (Å²) >= 11 is -3.11. The molecular formula is Cl4TiZr. The van der Waals surface area contributed by atoms with Crippen molar-refractivity contribution < 1.29 is 38.5 Å². The van der Waals surface area contributed by atoms with Gasteiger partial charge in [-0.25, -0.2) is 0 Å². The zero-order valence-electron chi connectivity index (χ0n) is 2.51. The summed E-state index contributed by atoms with van der Waals surface area (Å²) in [5, 5.41) is 0. The standard InChI is InChI=1S/4ClH.Ti.Zr/h4*1H;;/q;;;;+4;/p-4. The number of rotatable bonds is 0. The summed E-state index contributed by atoms with van der Waals surface area (Å²) in [5.41, 5.74) is 0. The van der Waals surface area contributed by atoms with Gasteiger partial charge < -0.3 is 0 Å². The van der Waals surface area contributed by atoms with Crippen LogP contribution in [0.3, 0.4) is 0 Å². The van der Waals surface area contributed by atoms with E-state index in [2.05, 4.69) is 0 Å². The zero-order chi connectivity index (χ0) is 4.50. The summed E-state index contributed by atoms with van der Waals surface area (Å²) in [7, 11) is 20.1. The van der Waals surface area contributed by atoms with Crippen LogP contribution in [0.4, 0.5) is 0 Å². The molecule has 0 aromatic carbocycles. The maximum Gasteiger partial charge on any atom is 0 e. The summed E-state index contributed by atoms with van der Waals surface area (Å²) in [5.74, 6) is 0. The molecule has 0 fully saturated rings. The van der Waals surface area contributed by atoms with E-state index in [4.69, 9.17) is 37.2 Å². The van der Waals surface area contributed by atoms with Crippen LogP contribution in [0, 0.1) is 0 Å². The van der Waals surface area contributed by atoms with Gasteiger partial charge in [0, 0.05) is 26.2 Å². The van der Waals surface area contributed by atoms with Crippen molar-refractivity contribution >= 4 is 37.2 Å². The second-order valence-corrected chi connectivity index (χ2v) is 15.9. The smallest absolute Gasteiger partial charge is 0 e. The molecule has 0 saturated carbocycles. The first-order valence-corrected chi connectivity index (χ1v) is 9.35. The topological polar surface area (TPSA) is 0 Å². The van der Waals surface area contributed by atoms with Crippen molar-refractivity contribution in [3.8, 4) is 0 Å². The Hall–Kier alpha value is 2.76. The molecule has 0 atom stereocenters. The van der Waals surface area contributed by atoms with Gasteiger partial charge in [0.25, 0.3) is 0 Å². The third kappa shape index (κ3) is 29.5. The monoisotopic (exact) mass is 278 g/mol. The number of hydrogen-bond donors (Lipinski definition) is 0. The summed E-state index contributed by atoms with van der Waals surface area (Å²) < 4.78 is 0. The van der Waals surface area contributed by atoms with Gasteiger partial charge in [0.2, 0.25) is 0 Å². The Bertz CT molecular complexity index is 23.0.